The normalized spacial score (nSPS) is 22.7. The molecule has 1 heterocycles. The first-order chi connectivity index (χ1) is 9.00. The summed E-state index contributed by atoms with van der Waals surface area (Å²) in [5.74, 6) is 0.743. The quantitative estimate of drug-likeness (QED) is 0.735. The molecule has 19 heavy (non-hydrogen) atoms. The molecule has 1 aliphatic carbocycles. The third-order valence-corrected chi connectivity index (χ3v) is 4.09. The fourth-order valence-electron chi connectivity index (χ4n) is 2.78. The van der Waals surface area contributed by atoms with Crippen LogP contribution < -0.4 is 11.1 Å². The summed E-state index contributed by atoms with van der Waals surface area (Å²) in [5, 5.41) is 2.92. The molecule has 3 N–H and O–H groups in total. The van der Waals surface area contributed by atoms with Crippen molar-refractivity contribution in [3.63, 3.8) is 0 Å². The lowest BCUT2D eigenvalue weighted by Crippen LogP contribution is -2.52. The number of carbonyl (C=O) groups is 2. The average Bonchev–Trinajstić information content (AvgIpc) is 3.12. The number of nitrogens with one attached hydrogen (secondary N) is 1. The molecular formula is C14H25N3O2. The van der Waals surface area contributed by atoms with Gasteiger partial charge in [-0.3, -0.25) is 9.59 Å². The van der Waals surface area contributed by atoms with Crippen molar-refractivity contribution >= 4 is 11.8 Å². The predicted octanol–water partition coefficient (Wildman–Crippen LogP) is 0.487. The smallest absolute Gasteiger partial charge is 0.243 e. The number of carbonyl (C=O) groups excluding carboxylic acids is 2. The molecule has 2 fully saturated rings. The molecule has 2 unspecified atom stereocenters. The second-order valence-electron chi connectivity index (χ2n) is 6.13. The van der Waals surface area contributed by atoms with Gasteiger partial charge in [0, 0.05) is 25.6 Å². The molecule has 1 saturated carbocycles. The summed E-state index contributed by atoms with van der Waals surface area (Å²) in [6.07, 6.45) is 3.78. The van der Waals surface area contributed by atoms with Crippen molar-refractivity contribution < 1.29 is 9.59 Å². The van der Waals surface area contributed by atoms with Gasteiger partial charge in [-0.1, -0.05) is 13.8 Å². The predicted molar refractivity (Wildman–Crippen MR) is 73.3 cm³/mol. The fraction of sp³-hybridized carbons (Fsp3) is 0.857. The summed E-state index contributed by atoms with van der Waals surface area (Å²) in [6.45, 7) is 5.19. The zero-order chi connectivity index (χ0) is 14.0. The van der Waals surface area contributed by atoms with Gasteiger partial charge in [0.05, 0.1) is 0 Å². The molecule has 2 aliphatic rings. The van der Waals surface area contributed by atoms with E-state index in [-0.39, 0.29) is 29.8 Å². The molecular weight excluding hydrogens is 242 g/mol. The number of rotatable bonds is 6. The molecule has 0 aromatic carbocycles. The van der Waals surface area contributed by atoms with E-state index in [2.05, 4.69) is 5.32 Å². The summed E-state index contributed by atoms with van der Waals surface area (Å²) in [6, 6.07) is -0.285. The summed E-state index contributed by atoms with van der Waals surface area (Å²) in [7, 11) is 0. The zero-order valence-electron chi connectivity index (χ0n) is 11.9. The number of nitrogens with two attached hydrogens (primary N) is 1. The average molecular weight is 267 g/mol. The van der Waals surface area contributed by atoms with E-state index in [4.69, 9.17) is 5.73 Å². The van der Waals surface area contributed by atoms with Gasteiger partial charge in [-0.15, -0.1) is 0 Å². The highest BCUT2D eigenvalue weighted by Crippen LogP contribution is 2.31. The van der Waals surface area contributed by atoms with Crippen LogP contribution in [0.15, 0.2) is 0 Å². The van der Waals surface area contributed by atoms with E-state index in [9.17, 15) is 9.59 Å². The first-order valence-electron chi connectivity index (χ1n) is 7.33. The fourth-order valence-corrected chi connectivity index (χ4v) is 2.78. The third kappa shape index (κ3) is 3.47. The maximum Gasteiger partial charge on any atom is 0.243 e. The largest absolute Gasteiger partial charge is 0.353 e. The van der Waals surface area contributed by atoms with Crippen molar-refractivity contribution in [2.75, 3.05) is 13.1 Å². The Morgan fingerprint density at radius 2 is 2.16 bits per heavy atom. The van der Waals surface area contributed by atoms with Gasteiger partial charge in [0.1, 0.15) is 6.04 Å². The lowest BCUT2D eigenvalue weighted by Gasteiger charge is -2.30. The number of hydrogen-bond acceptors (Lipinski definition) is 3. The first kappa shape index (κ1) is 14.3. The Hall–Kier alpha value is -1.10. The van der Waals surface area contributed by atoms with Crippen LogP contribution in [0.1, 0.15) is 39.5 Å². The van der Waals surface area contributed by atoms with Gasteiger partial charge in [-0.2, -0.15) is 0 Å². The van der Waals surface area contributed by atoms with Gasteiger partial charge in [-0.05, 0) is 31.1 Å². The van der Waals surface area contributed by atoms with E-state index in [0.717, 1.165) is 6.42 Å². The van der Waals surface area contributed by atoms with Gasteiger partial charge in [-0.25, -0.2) is 0 Å². The maximum atomic E-state index is 12.3. The summed E-state index contributed by atoms with van der Waals surface area (Å²) < 4.78 is 0. The standard InChI is InChI=1S/C14H25N3O2/c1-9(2)13(17-7-3-4-12(17)18)14(19)16-8-11(15)10-5-6-10/h9-11,13H,3-8,15H2,1-2H3,(H,16,19). The van der Waals surface area contributed by atoms with Gasteiger partial charge in [0.2, 0.25) is 11.8 Å². The minimum Gasteiger partial charge on any atom is -0.353 e. The Labute approximate surface area is 114 Å². The molecule has 0 bridgehead atoms. The Morgan fingerprint density at radius 1 is 1.47 bits per heavy atom. The second kappa shape index (κ2) is 5.90. The molecule has 0 radical (unpaired) electrons. The summed E-state index contributed by atoms with van der Waals surface area (Å²) in [5.41, 5.74) is 5.99. The van der Waals surface area contributed by atoms with Gasteiger partial charge in [0.25, 0.3) is 0 Å². The van der Waals surface area contributed by atoms with Crippen molar-refractivity contribution in [3.8, 4) is 0 Å². The van der Waals surface area contributed by atoms with Crippen molar-refractivity contribution in [1.82, 2.24) is 10.2 Å². The summed E-state index contributed by atoms with van der Waals surface area (Å²) >= 11 is 0. The van der Waals surface area contributed by atoms with E-state index < -0.39 is 0 Å². The van der Waals surface area contributed by atoms with Crippen LogP contribution in [-0.2, 0) is 9.59 Å². The van der Waals surface area contributed by atoms with Crippen molar-refractivity contribution in [2.45, 2.75) is 51.6 Å². The molecule has 0 spiro atoms. The molecule has 0 aromatic heterocycles. The zero-order valence-corrected chi connectivity index (χ0v) is 11.9. The molecule has 2 rings (SSSR count). The highest BCUT2D eigenvalue weighted by molar-refractivity contribution is 5.88. The molecule has 5 heteroatoms. The molecule has 5 nitrogen and oxygen atoms in total. The Morgan fingerprint density at radius 3 is 2.63 bits per heavy atom. The maximum absolute atomic E-state index is 12.3. The van der Waals surface area contributed by atoms with Crippen LogP contribution in [0.5, 0.6) is 0 Å². The van der Waals surface area contributed by atoms with Gasteiger partial charge in [0.15, 0.2) is 0 Å². The van der Waals surface area contributed by atoms with E-state index >= 15 is 0 Å². The Balaban J connectivity index is 1.90. The van der Waals surface area contributed by atoms with Crippen LogP contribution in [0, 0.1) is 11.8 Å². The van der Waals surface area contributed by atoms with E-state index in [1.165, 1.54) is 12.8 Å². The Kier molecular flexibility index (Phi) is 4.45. The van der Waals surface area contributed by atoms with E-state index in [1.54, 1.807) is 4.90 Å². The molecule has 1 aliphatic heterocycles. The van der Waals surface area contributed by atoms with Crippen LogP contribution >= 0.6 is 0 Å². The van der Waals surface area contributed by atoms with Crippen LogP contribution in [0.3, 0.4) is 0 Å². The van der Waals surface area contributed by atoms with Crippen molar-refractivity contribution in [1.29, 1.82) is 0 Å². The van der Waals surface area contributed by atoms with Crippen LogP contribution in [0.25, 0.3) is 0 Å². The third-order valence-electron chi connectivity index (χ3n) is 4.09. The van der Waals surface area contributed by atoms with Crippen LogP contribution in [0.2, 0.25) is 0 Å². The second-order valence-corrected chi connectivity index (χ2v) is 6.13. The molecule has 108 valence electrons. The highest BCUT2D eigenvalue weighted by Gasteiger charge is 2.35. The lowest BCUT2D eigenvalue weighted by molar-refractivity contribution is -0.139. The first-order valence-corrected chi connectivity index (χ1v) is 7.33. The molecule has 2 atom stereocenters. The van der Waals surface area contributed by atoms with Crippen molar-refractivity contribution in [3.05, 3.63) is 0 Å². The minimum absolute atomic E-state index is 0.0543. The van der Waals surface area contributed by atoms with E-state index in [1.807, 2.05) is 13.8 Å². The minimum atomic E-state index is -0.346. The van der Waals surface area contributed by atoms with Crippen LogP contribution in [0.4, 0.5) is 0 Å². The molecule has 1 saturated heterocycles. The number of likely N-dealkylation sites (tertiary alicyclic amines) is 1. The van der Waals surface area contributed by atoms with Gasteiger partial charge >= 0.3 is 0 Å². The monoisotopic (exact) mass is 267 g/mol. The number of nitrogens with zero attached hydrogens (tertiary/aromatic N) is 1. The summed E-state index contributed by atoms with van der Waals surface area (Å²) in [4.78, 5) is 25.8. The van der Waals surface area contributed by atoms with Crippen LogP contribution in [-0.4, -0.2) is 41.9 Å². The van der Waals surface area contributed by atoms with E-state index in [0.29, 0.717) is 25.4 Å². The highest BCUT2D eigenvalue weighted by atomic mass is 16.2. The number of hydrogen-bond donors (Lipinski definition) is 2. The SMILES string of the molecule is CC(C)C(C(=O)NCC(N)C1CC1)N1CCCC1=O. The molecule has 2 amide bonds. The van der Waals surface area contributed by atoms with Crippen molar-refractivity contribution in [2.24, 2.45) is 17.6 Å². The number of amides is 2. The van der Waals surface area contributed by atoms with Gasteiger partial charge < -0.3 is 16.0 Å². The lowest BCUT2D eigenvalue weighted by atomic mass is 10.0. The topological polar surface area (TPSA) is 75.4 Å². The Bertz CT molecular complexity index is 353. The molecule has 0 aromatic rings.